The molecule has 1 aromatic carbocycles. The first-order chi connectivity index (χ1) is 9.50. The molecule has 0 aliphatic heterocycles. The van der Waals surface area contributed by atoms with Crippen molar-refractivity contribution in [2.75, 3.05) is 6.54 Å². The van der Waals surface area contributed by atoms with E-state index in [1.165, 1.54) is 0 Å². The van der Waals surface area contributed by atoms with Gasteiger partial charge in [-0.05, 0) is 24.5 Å². The zero-order chi connectivity index (χ0) is 14.6. The molecule has 5 nitrogen and oxygen atoms in total. The predicted molar refractivity (Wildman–Crippen MR) is 77.9 cm³/mol. The molecule has 1 heterocycles. The summed E-state index contributed by atoms with van der Waals surface area (Å²) in [7, 11) is 1.87. The van der Waals surface area contributed by atoms with Crippen LogP contribution in [0, 0.1) is 0 Å². The summed E-state index contributed by atoms with van der Waals surface area (Å²) in [6, 6.07) is 9.38. The van der Waals surface area contributed by atoms with Crippen LogP contribution in [0.3, 0.4) is 0 Å². The monoisotopic (exact) mass is 272 g/mol. The zero-order valence-electron chi connectivity index (χ0n) is 11.8. The van der Waals surface area contributed by atoms with Gasteiger partial charge < -0.3 is 11.1 Å². The Kier molecular flexibility index (Phi) is 4.20. The molecule has 1 aromatic heterocycles. The number of rotatable bonds is 5. The average Bonchev–Trinajstić information content (AvgIpc) is 2.85. The van der Waals surface area contributed by atoms with Gasteiger partial charge in [0.2, 0.25) is 5.91 Å². The van der Waals surface area contributed by atoms with Gasteiger partial charge in [0.05, 0.1) is 6.20 Å². The van der Waals surface area contributed by atoms with Crippen molar-refractivity contribution in [3.63, 3.8) is 0 Å². The molecule has 5 heteroatoms. The number of carbonyl (C=O) groups is 1. The van der Waals surface area contributed by atoms with Gasteiger partial charge in [0.25, 0.3) is 0 Å². The van der Waals surface area contributed by atoms with E-state index in [-0.39, 0.29) is 5.91 Å². The Morgan fingerprint density at radius 3 is 2.70 bits per heavy atom. The standard InChI is InChI=1S/C15H20N4O/c1-15(16,13-6-4-3-5-7-13)14(20)17-9-8-12-10-18-19(2)11-12/h3-7,10-11H,8-9,16H2,1-2H3,(H,17,20). The topological polar surface area (TPSA) is 72.9 Å². The van der Waals surface area contributed by atoms with Gasteiger partial charge >= 0.3 is 0 Å². The first kappa shape index (κ1) is 14.3. The molecular weight excluding hydrogens is 252 g/mol. The van der Waals surface area contributed by atoms with Gasteiger partial charge in [-0.2, -0.15) is 5.10 Å². The summed E-state index contributed by atoms with van der Waals surface area (Å²) >= 11 is 0. The van der Waals surface area contributed by atoms with Gasteiger partial charge in [-0.25, -0.2) is 0 Å². The predicted octanol–water partition coefficient (Wildman–Crippen LogP) is 0.953. The summed E-state index contributed by atoms with van der Waals surface area (Å²) in [5.41, 5.74) is 7.01. The number of nitrogens with zero attached hydrogens (tertiary/aromatic N) is 2. The number of hydrogen-bond acceptors (Lipinski definition) is 3. The lowest BCUT2D eigenvalue weighted by Crippen LogP contribution is -2.49. The first-order valence-corrected chi connectivity index (χ1v) is 6.60. The molecule has 1 atom stereocenters. The second-order valence-corrected chi connectivity index (χ2v) is 5.10. The number of nitrogens with one attached hydrogen (secondary N) is 1. The van der Waals surface area contributed by atoms with Gasteiger partial charge in [-0.15, -0.1) is 0 Å². The lowest BCUT2D eigenvalue weighted by Gasteiger charge is -2.24. The Labute approximate surface area is 118 Å². The Morgan fingerprint density at radius 1 is 1.40 bits per heavy atom. The number of nitrogens with two attached hydrogens (primary N) is 1. The molecule has 0 aliphatic carbocycles. The van der Waals surface area contributed by atoms with Crippen LogP contribution in [0.2, 0.25) is 0 Å². The van der Waals surface area contributed by atoms with Crippen LogP contribution in [-0.4, -0.2) is 22.2 Å². The van der Waals surface area contributed by atoms with Crippen molar-refractivity contribution in [3.05, 3.63) is 53.9 Å². The van der Waals surface area contributed by atoms with Gasteiger partial charge in [0.1, 0.15) is 5.54 Å². The molecule has 106 valence electrons. The summed E-state index contributed by atoms with van der Waals surface area (Å²) in [5, 5.41) is 6.97. The van der Waals surface area contributed by atoms with Crippen LogP contribution < -0.4 is 11.1 Å². The quantitative estimate of drug-likeness (QED) is 0.851. The fourth-order valence-electron chi connectivity index (χ4n) is 2.02. The summed E-state index contributed by atoms with van der Waals surface area (Å²) in [5.74, 6) is -0.174. The van der Waals surface area contributed by atoms with Crippen LogP contribution in [0.25, 0.3) is 0 Å². The van der Waals surface area contributed by atoms with Crippen LogP contribution in [0.1, 0.15) is 18.1 Å². The SMILES string of the molecule is Cn1cc(CCNC(=O)C(C)(N)c2ccccc2)cn1. The molecule has 0 spiro atoms. The number of hydrogen-bond donors (Lipinski definition) is 2. The second-order valence-electron chi connectivity index (χ2n) is 5.10. The maximum atomic E-state index is 12.2. The van der Waals surface area contributed by atoms with E-state index in [9.17, 15) is 4.79 Å². The number of benzene rings is 1. The highest BCUT2D eigenvalue weighted by Gasteiger charge is 2.29. The van der Waals surface area contributed by atoms with Gasteiger partial charge in [-0.3, -0.25) is 9.48 Å². The Hall–Kier alpha value is -2.14. The fraction of sp³-hybridized carbons (Fsp3) is 0.333. The van der Waals surface area contributed by atoms with E-state index in [1.807, 2.05) is 43.6 Å². The number of aromatic nitrogens is 2. The molecule has 0 radical (unpaired) electrons. The molecular formula is C15H20N4O. The van der Waals surface area contributed by atoms with Gasteiger partial charge in [0.15, 0.2) is 0 Å². The van der Waals surface area contributed by atoms with Gasteiger partial charge in [0, 0.05) is 19.8 Å². The van der Waals surface area contributed by atoms with Crippen LogP contribution in [-0.2, 0) is 23.8 Å². The Morgan fingerprint density at radius 2 is 2.10 bits per heavy atom. The molecule has 0 fully saturated rings. The minimum atomic E-state index is -1.02. The molecule has 0 aliphatic rings. The van der Waals surface area contributed by atoms with Crippen LogP contribution in [0.4, 0.5) is 0 Å². The molecule has 3 N–H and O–H groups in total. The average molecular weight is 272 g/mol. The lowest BCUT2D eigenvalue weighted by atomic mass is 9.92. The van der Waals surface area contributed by atoms with Crippen molar-refractivity contribution in [3.8, 4) is 0 Å². The van der Waals surface area contributed by atoms with Crippen LogP contribution >= 0.6 is 0 Å². The minimum Gasteiger partial charge on any atom is -0.354 e. The summed E-state index contributed by atoms with van der Waals surface area (Å²) in [6.45, 7) is 2.27. The van der Waals surface area contributed by atoms with Crippen molar-refractivity contribution in [2.24, 2.45) is 12.8 Å². The van der Waals surface area contributed by atoms with E-state index in [0.717, 1.165) is 17.5 Å². The Bertz CT molecular complexity index is 575. The van der Waals surface area contributed by atoms with E-state index in [4.69, 9.17) is 5.73 Å². The normalized spacial score (nSPS) is 13.8. The third-order valence-corrected chi connectivity index (χ3v) is 3.30. The highest BCUT2D eigenvalue weighted by atomic mass is 16.2. The van der Waals surface area contributed by atoms with Crippen molar-refractivity contribution >= 4 is 5.91 Å². The van der Waals surface area contributed by atoms with Crippen molar-refractivity contribution < 1.29 is 4.79 Å². The maximum Gasteiger partial charge on any atom is 0.244 e. The van der Waals surface area contributed by atoms with Crippen LogP contribution in [0.5, 0.6) is 0 Å². The van der Waals surface area contributed by atoms with E-state index in [2.05, 4.69) is 10.4 Å². The fourth-order valence-corrected chi connectivity index (χ4v) is 2.02. The number of aryl methyl sites for hydroxylation is 1. The molecule has 0 saturated carbocycles. The molecule has 2 aromatic rings. The maximum absolute atomic E-state index is 12.2. The zero-order valence-corrected chi connectivity index (χ0v) is 11.8. The third-order valence-electron chi connectivity index (χ3n) is 3.30. The van der Waals surface area contributed by atoms with Crippen molar-refractivity contribution in [1.82, 2.24) is 15.1 Å². The number of carbonyl (C=O) groups excluding carboxylic acids is 1. The van der Waals surface area contributed by atoms with Gasteiger partial charge in [-0.1, -0.05) is 30.3 Å². The molecule has 0 saturated heterocycles. The van der Waals surface area contributed by atoms with Crippen LogP contribution in [0.15, 0.2) is 42.7 Å². The molecule has 20 heavy (non-hydrogen) atoms. The van der Waals surface area contributed by atoms with E-state index >= 15 is 0 Å². The summed E-state index contributed by atoms with van der Waals surface area (Å²) < 4.78 is 1.74. The smallest absolute Gasteiger partial charge is 0.244 e. The largest absolute Gasteiger partial charge is 0.354 e. The first-order valence-electron chi connectivity index (χ1n) is 6.60. The second kappa shape index (κ2) is 5.88. The minimum absolute atomic E-state index is 0.174. The lowest BCUT2D eigenvalue weighted by molar-refractivity contribution is -0.126. The highest BCUT2D eigenvalue weighted by Crippen LogP contribution is 2.17. The molecule has 0 bridgehead atoms. The van der Waals surface area contributed by atoms with Crippen molar-refractivity contribution in [1.29, 1.82) is 0 Å². The number of amides is 1. The van der Waals surface area contributed by atoms with E-state index in [1.54, 1.807) is 17.8 Å². The summed E-state index contributed by atoms with van der Waals surface area (Å²) in [6.07, 6.45) is 4.47. The molecule has 1 unspecified atom stereocenters. The van der Waals surface area contributed by atoms with E-state index in [0.29, 0.717) is 6.54 Å². The molecule has 2 rings (SSSR count). The van der Waals surface area contributed by atoms with Crippen molar-refractivity contribution in [2.45, 2.75) is 18.9 Å². The van der Waals surface area contributed by atoms with E-state index < -0.39 is 5.54 Å². The summed E-state index contributed by atoms with van der Waals surface area (Å²) in [4.78, 5) is 12.2. The Balaban J connectivity index is 1.91. The highest BCUT2D eigenvalue weighted by molar-refractivity contribution is 5.86. The third kappa shape index (κ3) is 3.24. The molecule has 1 amide bonds.